The Bertz CT molecular complexity index is 1310. The van der Waals surface area contributed by atoms with E-state index in [1.165, 1.54) is 18.2 Å². The van der Waals surface area contributed by atoms with Crippen LogP contribution >= 0.6 is 11.6 Å². The minimum absolute atomic E-state index is 0.0200. The number of sulfonamides is 1. The summed E-state index contributed by atoms with van der Waals surface area (Å²) in [5.74, 6) is 0.861. The first-order valence-corrected chi connectivity index (χ1v) is 12.2. The maximum absolute atomic E-state index is 12.9. The van der Waals surface area contributed by atoms with Gasteiger partial charge in [0.05, 0.1) is 11.1 Å². The standard InChI is InChI=1S/C24H23ClN2O5S/c1-15-4-3-5-19(12-15)27-33(29,30)23-14-18(6-8-20(23)25)24(28)26-16(2)17-7-9-21-22(13-17)32-11-10-31-21/h3-9,12-14,16,27H,10-11H2,1-2H3,(H,26,28). The molecule has 0 saturated carbocycles. The Morgan fingerprint density at radius 1 is 1.00 bits per heavy atom. The molecule has 0 aliphatic carbocycles. The van der Waals surface area contributed by atoms with Gasteiger partial charge in [-0.25, -0.2) is 8.42 Å². The number of benzene rings is 3. The molecule has 1 aliphatic heterocycles. The van der Waals surface area contributed by atoms with Gasteiger partial charge in [0.2, 0.25) is 0 Å². The zero-order valence-electron chi connectivity index (χ0n) is 18.1. The molecule has 0 fully saturated rings. The molecule has 1 amide bonds. The number of fused-ring (bicyclic) bond motifs is 1. The summed E-state index contributed by atoms with van der Waals surface area (Å²) in [7, 11) is -4.00. The van der Waals surface area contributed by atoms with E-state index in [9.17, 15) is 13.2 Å². The molecule has 0 saturated heterocycles. The van der Waals surface area contributed by atoms with Gasteiger partial charge in [-0.3, -0.25) is 9.52 Å². The topological polar surface area (TPSA) is 93.7 Å². The molecule has 172 valence electrons. The van der Waals surface area contributed by atoms with Crippen LogP contribution in [0.3, 0.4) is 0 Å². The van der Waals surface area contributed by atoms with Crippen molar-refractivity contribution in [1.82, 2.24) is 5.32 Å². The number of anilines is 1. The molecule has 0 spiro atoms. The molecule has 1 aliphatic rings. The number of carbonyl (C=O) groups is 1. The van der Waals surface area contributed by atoms with Crippen molar-refractivity contribution in [3.05, 3.63) is 82.4 Å². The van der Waals surface area contributed by atoms with Crippen molar-refractivity contribution < 1.29 is 22.7 Å². The van der Waals surface area contributed by atoms with Gasteiger partial charge >= 0.3 is 0 Å². The van der Waals surface area contributed by atoms with Crippen LogP contribution in [0.25, 0.3) is 0 Å². The van der Waals surface area contributed by atoms with Crippen molar-refractivity contribution >= 4 is 33.2 Å². The van der Waals surface area contributed by atoms with Crippen LogP contribution in [0, 0.1) is 6.92 Å². The van der Waals surface area contributed by atoms with Crippen LogP contribution in [0.1, 0.15) is 34.5 Å². The average Bonchev–Trinajstić information content (AvgIpc) is 2.78. The van der Waals surface area contributed by atoms with Gasteiger partial charge in [0, 0.05) is 11.3 Å². The lowest BCUT2D eigenvalue weighted by atomic mass is 10.1. The highest BCUT2D eigenvalue weighted by Crippen LogP contribution is 2.33. The van der Waals surface area contributed by atoms with Crippen LogP contribution < -0.4 is 19.5 Å². The number of ether oxygens (including phenoxy) is 2. The van der Waals surface area contributed by atoms with Gasteiger partial charge in [0.15, 0.2) is 11.5 Å². The minimum atomic E-state index is -4.00. The maximum atomic E-state index is 12.9. The summed E-state index contributed by atoms with van der Waals surface area (Å²) in [5.41, 5.74) is 2.32. The molecule has 1 atom stereocenters. The fourth-order valence-electron chi connectivity index (χ4n) is 3.46. The Kier molecular flexibility index (Phi) is 6.49. The van der Waals surface area contributed by atoms with E-state index in [0.29, 0.717) is 30.4 Å². The normalized spacial score (nSPS) is 13.8. The van der Waals surface area contributed by atoms with Crippen LogP contribution in [0.15, 0.2) is 65.6 Å². The summed E-state index contributed by atoms with van der Waals surface area (Å²) in [4.78, 5) is 12.7. The summed E-state index contributed by atoms with van der Waals surface area (Å²) in [6.45, 7) is 4.66. The first-order valence-electron chi connectivity index (χ1n) is 10.3. The lowest BCUT2D eigenvalue weighted by molar-refractivity contribution is 0.0939. The molecule has 3 aromatic rings. The van der Waals surface area contributed by atoms with Crippen LogP contribution in [0.2, 0.25) is 5.02 Å². The highest BCUT2D eigenvalue weighted by atomic mass is 35.5. The molecule has 1 heterocycles. The fraction of sp³-hybridized carbons (Fsp3) is 0.208. The van der Waals surface area contributed by atoms with E-state index >= 15 is 0 Å². The Balaban J connectivity index is 1.53. The second-order valence-electron chi connectivity index (χ2n) is 7.72. The molecule has 3 aromatic carbocycles. The highest BCUT2D eigenvalue weighted by Gasteiger charge is 2.22. The van der Waals surface area contributed by atoms with Gasteiger partial charge < -0.3 is 14.8 Å². The highest BCUT2D eigenvalue weighted by molar-refractivity contribution is 7.92. The molecule has 0 aromatic heterocycles. The van der Waals surface area contributed by atoms with Gasteiger partial charge in [-0.05, 0) is 67.4 Å². The van der Waals surface area contributed by atoms with Gasteiger partial charge in [0.1, 0.15) is 18.1 Å². The van der Waals surface area contributed by atoms with Gasteiger partial charge in [-0.15, -0.1) is 0 Å². The number of amides is 1. The predicted molar refractivity (Wildman–Crippen MR) is 127 cm³/mol. The molecule has 4 rings (SSSR count). The zero-order valence-corrected chi connectivity index (χ0v) is 19.7. The molecule has 7 nitrogen and oxygen atoms in total. The Morgan fingerprint density at radius 3 is 2.52 bits per heavy atom. The van der Waals surface area contributed by atoms with Crippen molar-refractivity contribution in [2.45, 2.75) is 24.8 Å². The van der Waals surface area contributed by atoms with Crippen LogP contribution in [0.5, 0.6) is 11.5 Å². The molecular weight excluding hydrogens is 464 g/mol. The molecule has 1 unspecified atom stereocenters. The molecule has 33 heavy (non-hydrogen) atoms. The van der Waals surface area contributed by atoms with Crippen molar-refractivity contribution in [3.8, 4) is 11.5 Å². The first kappa shape index (κ1) is 22.9. The molecule has 9 heteroatoms. The number of aryl methyl sites for hydroxylation is 1. The van der Waals surface area contributed by atoms with Gasteiger partial charge in [-0.1, -0.05) is 29.8 Å². The van der Waals surface area contributed by atoms with Crippen LogP contribution in [0.4, 0.5) is 5.69 Å². The largest absolute Gasteiger partial charge is 0.486 e. The van der Waals surface area contributed by atoms with Gasteiger partial charge in [-0.2, -0.15) is 0 Å². The Hall–Kier alpha value is -3.23. The SMILES string of the molecule is Cc1cccc(NS(=O)(=O)c2cc(C(=O)NC(C)c3ccc4c(c3)OCCO4)ccc2Cl)c1. The van der Waals surface area contributed by atoms with Crippen LogP contribution in [-0.4, -0.2) is 27.5 Å². The summed E-state index contributed by atoms with van der Waals surface area (Å²) in [6.07, 6.45) is 0. The summed E-state index contributed by atoms with van der Waals surface area (Å²) in [6, 6.07) is 16.2. The minimum Gasteiger partial charge on any atom is -0.486 e. The molecule has 0 radical (unpaired) electrons. The van der Waals surface area contributed by atoms with Crippen molar-refractivity contribution in [2.75, 3.05) is 17.9 Å². The number of nitrogens with one attached hydrogen (secondary N) is 2. The summed E-state index contributed by atoms with van der Waals surface area (Å²) < 4.78 is 39.5. The third kappa shape index (κ3) is 5.23. The van der Waals surface area contributed by atoms with E-state index in [2.05, 4.69) is 10.0 Å². The third-order valence-electron chi connectivity index (χ3n) is 5.17. The van der Waals surface area contributed by atoms with Crippen molar-refractivity contribution in [3.63, 3.8) is 0 Å². The first-order chi connectivity index (χ1) is 15.7. The smallest absolute Gasteiger partial charge is 0.263 e. The predicted octanol–water partition coefficient (Wildman–Crippen LogP) is 4.71. The third-order valence-corrected chi connectivity index (χ3v) is 7.03. The van der Waals surface area contributed by atoms with Crippen molar-refractivity contribution in [2.24, 2.45) is 0 Å². The Labute approximate surface area is 197 Å². The van der Waals surface area contributed by atoms with Crippen LogP contribution in [-0.2, 0) is 10.0 Å². The number of hydrogen-bond acceptors (Lipinski definition) is 5. The average molecular weight is 487 g/mol. The number of rotatable bonds is 6. The van der Waals surface area contributed by atoms with Crippen molar-refractivity contribution in [1.29, 1.82) is 0 Å². The van der Waals surface area contributed by atoms with E-state index < -0.39 is 15.9 Å². The molecular formula is C24H23ClN2O5S. The monoisotopic (exact) mass is 486 g/mol. The maximum Gasteiger partial charge on any atom is 0.263 e. The lowest BCUT2D eigenvalue weighted by Gasteiger charge is -2.21. The van der Waals surface area contributed by atoms with Gasteiger partial charge in [0.25, 0.3) is 15.9 Å². The Morgan fingerprint density at radius 2 is 1.76 bits per heavy atom. The summed E-state index contributed by atoms with van der Waals surface area (Å²) >= 11 is 6.18. The van der Waals surface area contributed by atoms with E-state index in [1.54, 1.807) is 24.3 Å². The number of carbonyl (C=O) groups excluding carboxylic acids is 1. The van der Waals surface area contributed by atoms with E-state index in [0.717, 1.165) is 11.1 Å². The zero-order chi connectivity index (χ0) is 23.6. The second-order valence-corrected chi connectivity index (χ2v) is 9.78. The lowest BCUT2D eigenvalue weighted by Crippen LogP contribution is -2.27. The number of hydrogen-bond donors (Lipinski definition) is 2. The van der Waals surface area contributed by atoms with E-state index in [4.69, 9.17) is 21.1 Å². The number of halogens is 1. The molecule has 2 N–H and O–H groups in total. The molecule has 0 bridgehead atoms. The second kappa shape index (κ2) is 9.33. The summed E-state index contributed by atoms with van der Waals surface area (Å²) in [5, 5.41) is 2.90. The van der Waals surface area contributed by atoms with E-state index in [1.807, 2.05) is 32.0 Å². The quantitative estimate of drug-likeness (QED) is 0.526. The fourth-order valence-corrected chi connectivity index (χ4v) is 5.04. The van der Waals surface area contributed by atoms with E-state index in [-0.39, 0.29) is 21.5 Å².